The first-order chi connectivity index (χ1) is 12.1. The monoisotopic (exact) mass is 345 g/mol. The number of rotatable bonds is 3. The second-order valence-electron chi connectivity index (χ2n) is 6.78. The minimum Gasteiger partial charge on any atom is -0.378 e. The first kappa shape index (κ1) is 17.7. The van der Waals surface area contributed by atoms with E-state index in [0.717, 1.165) is 18.4 Å². The molecule has 1 N–H and O–H groups in total. The number of ether oxygens (including phenoxy) is 1. The van der Waals surface area contributed by atoms with Gasteiger partial charge >= 0.3 is 6.03 Å². The second-order valence-corrected chi connectivity index (χ2v) is 6.78. The highest BCUT2D eigenvalue weighted by Crippen LogP contribution is 2.21. The van der Waals surface area contributed by atoms with Gasteiger partial charge in [-0.2, -0.15) is 0 Å². The van der Waals surface area contributed by atoms with Crippen LogP contribution in [0.2, 0.25) is 0 Å². The summed E-state index contributed by atoms with van der Waals surface area (Å²) in [5.41, 5.74) is 1.09. The van der Waals surface area contributed by atoms with E-state index in [1.165, 1.54) is 0 Å². The molecule has 6 nitrogen and oxygen atoms in total. The van der Waals surface area contributed by atoms with Crippen LogP contribution in [0.25, 0.3) is 0 Å². The van der Waals surface area contributed by atoms with Gasteiger partial charge in [-0.05, 0) is 25.3 Å². The number of amides is 3. The number of urea groups is 1. The van der Waals surface area contributed by atoms with Crippen LogP contribution in [0, 0.1) is 5.92 Å². The summed E-state index contributed by atoms with van der Waals surface area (Å²) in [5.74, 6) is 0.259. The van der Waals surface area contributed by atoms with E-state index < -0.39 is 0 Å². The highest BCUT2D eigenvalue weighted by molar-refractivity contribution is 5.80. The van der Waals surface area contributed by atoms with Crippen LogP contribution in [0.4, 0.5) is 4.79 Å². The number of nitrogens with one attached hydrogen (secondary N) is 1. The summed E-state index contributed by atoms with van der Waals surface area (Å²) >= 11 is 0. The van der Waals surface area contributed by atoms with Gasteiger partial charge in [-0.1, -0.05) is 30.3 Å². The largest absolute Gasteiger partial charge is 0.378 e. The molecule has 0 bridgehead atoms. The van der Waals surface area contributed by atoms with Crippen LogP contribution in [0.5, 0.6) is 0 Å². The predicted molar refractivity (Wildman–Crippen MR) is 95.1 cm³/mol. The maximum absolute atomic E-state index is 12.5. The molecule has 1 aromatic carbocycles. The summed E-state index contributed by atoms with van der Waals surface area (Å²) in [5, 5.41) is 3.05. The van der Waals surface area contributed by atoms with Gasteiger partial charge in [0.05, 0.1) is 19.3 Å². The fraction of sp³-hybridized carbons (Fsp3) is 0.579. The van der Waals surface area contributed by atoms with E-state index in [9.17, 15) is 9.59 Å². The molecule has 2 fully saturated rings. The lowest BCUT2D eigenvalue weighted by Crippen LogP contribution is -2.49. The Morgan fingerprint density at radius 1 is 1.04 bits per heavy atom. The Bertz CT molecular complexity index is 579. The van der Waals surface area contributed by atoms with Crippen molar-refractivity contribution in [2.45, 2.75) is 25.8 Å². The Kier molecular flexibility index (Phi) is 5.91. The van der Waals surface area contributed by atoms with Gasteiger partial charge in [-0.25, -0.2) is 4.79 Å². The summed E-state index contributed by atoms with van der Waals surface area (Å²) < 4.78 is 5.30. The van der Waals surface area contributed by atoms with Crippen LogP contribution in [-0.4, -0.2) is 61.1 Å². The van der Waals surface area contributed by atoms with E-state index >= 15 is 0 Å². The molecule has 3 rings (SSSR count). The summed E-state index contributed by atoms with van der Waals surface area (Å²) in [6, 6.07) is 9.86. The number of hydrogen-bond acceptors (Lipinski definition) is 3. The molecule has 0 spiro atoms. The van der Waals surface area contributed by atoms with Crippen molar-refractivity contribution in [2.75, 3.05) is 39.4 Å². The van der Waals surface area contributed by atoms with Crippen molar-refractivity contribution in [3.63, 3.8) is 0 Å². The SMILES string of the molecule is CC(NC(=O)N1CCC(C(=O)N2CCOCC2)CC1)c1ccccc1. The average molecular weight is 345 g/mol. The van der Waals surface area contributed by atoms with Crippen LogP contribution >= 0.6 is 0 Å². The van der Waals surface area contributed by atoms with E-state index in [1.54, 1.807) is 0 Å². The maximum atomic E-state index is 12.5. The van der Waals surface area contributed by atoms with Crippen molar-refractivity contribution in [3.05, 3.63) is 35.9 Å². The van der Waals surface area contributed by atoms with Crippen LogP contribution in [0.1, 0.15) is 31.4 Å². The molecule has 2 aliphatic rings. The van der Waals surface area contributed by atoms with Crippen molar-refractivity contribution in [1.29, 1.82) is 0 Å². The molecule has 136 valence electrons. The van der Waals surface area contributed by atoms with Gasteiger partial charge in [0.15, 0.2) is 0 Å². The van der Waals surface area contributed by atoms with E-state index in [1.807, 2.05) is 47.1 Å². The van der Waals surface area contributed by atoms with E-state index in [-0.39, 0.29) is 23.9 Å². The zero-order valence-corrected chi connectivity index (χ0v) is 14.8. The molecule has 2 aliphatic heterocycles. The molecule has 2 saturated heterocycles. The van der Waals surface area contributed by atoms with Crippen molar-refractivity contribution in [1.82, 2.24) is 15.1 Å². The van der Waals surface area contributed by atoms with Crippen LogP contribution < -0.4 is 5.32 Å². The molecular weight excluding hydrogens is 318 g/mol. The Hall–Kier alpha value is -2.08. The number of likely N-dealkylation sites (tertiary alicyclic amines) is 1. The van der Waals surface area contributed by atoms with Crippen molar-refractivity contribution in [3.8, 4) is 0 Å². The summed E-state index contributed by atoms with van der Waals surface area (Å²) in [7, 11) is 0. The molecule has 0 aromatic heterocycles. The molecule has 0 radical (unpaired) electrons. The number of carbonyl (C=O) groups excluding carboxylic acids is 2. The molecule has 1 atom stereocenters. The van der Waals surface area contributed by atoms with E-state index in [0.29, 0.717) is 39.4 Å². The van der Waals surface area contributed by atoms with Gasteiger partial charge in [0.2, 0.25) is 5.91 Å². The second kappa shape index (κ2) is 8.34. The fourth-order valence-corrected chi connectivity index (χ4v) is 3.47. The van der Waals surface area contributed by atoms with Gasteiger partial charge in [-0.15, -0.1) is 0 Å². The smallest absolute Gasteiger partial charge is 0.317 e. The lowest BCUT2D eigenvalue weighted by Gasteiger charge is -2.35. The number of hydrogen-bond donors (Lipinski definition) is 1. The quantitative estimate of drug-likeness (QED) is 0.912. The molecule has 0 aliphatic carbocycles. The summed E-state index contributed by atoms with van der Waals surface area (Å²) in [4.78, 5) is 28.7. The van der Waals surface area contributed by atoms with Gasteiger partial charge in [0, 0.05) is 32.1 Å². The van der Waals surface area contributed by atoms with Crippen LogP contribution in [-0.2, 0) is 9.53 Å². The van der Waals surface area contributed by atoms with Crippen LogP contribution in [0.15, 0.2) is 30.3 Å². The summed E-state index contributed by atoms with van der Waals surface area (Å²) in [6.07, 6.45) is 1.48. The standard InChI is InChI=1S/C19H27N3O3/c1-15(16-5-3-2-4-6-16)20-19(24)22-9-7-17(8-10-22)18(23)21-11-13-25-14-12-21/h2-6,15,17H,7-14H2,1H3,(H,20,24). The predicted octanol–water partition coefficient (Wildman–Crippen LogP) is 2.03. The Morgan fingerprint density at radius 2 is 1.68 bits per heavy atom. The third kappa shape index (κ3) is 4.51. The van der Waals surface area contributed by atoms with Crippen LogP contribution in [0.3, 0.4) is 0 Å². The zero-order valence-electron chi connectivity index (χ0n) is 14.8. The number of piperidine rings is 1. The molecule has 1 aromatic rings. The molecular formula is C19H27N3O3. The minimum absolute atomic E-state index is 0.0265. The Labute approximate surface area is 149 Å². The molecule has 3 amide bonds. The van der Waals surface area contributed by atoms with Gasteiger partial charge in [-0.3, -0.25) is 4.79 Å². The lowest BCUT2D eigenvalue weighted by molar-refractivity contribution is -0.141. The minimum atomic E-state index is -0.0476. The highest BCUT2D eigenvalue weighted by atomic mass is 16.5. The molecule has 1 unspecified atom stereocenters. The number of nitrogens with zero attached hydrogens (tertiary/aromatic N) is 2. The molecule has 25 heavy (non-hydrogen) atoms. The third-order valence-electron chi connectivity index (χ3n) is 5.09. The zero-order chi connectivity index (χ0) is 17.6. The average Bonchev–Trinajstić information content (AvgIpc) is 2.69. The normalized spacial score (nSPS) is 20.2. The first-order valence-corrected chi connectivity index (χ1v) is 9.12. The number of benzene rings is 1. The van der Waals surface area contributed by atoms with Crippen molar-refractivity contribution in [2.24, 2.45) is 5.92 Å². The molecule has 2 heterocycles. The number of morpholine rings is 1. The third-order valence-corrected chi connectivity index (χ3v) is 5.09. The van der Waals surface area contributed by atoms with E-state index in [2.05, 4.69) is 5.32 Å². The first-order valence-electron chi connectivity index (χ1n) is 9.12. The molecule has 0 saturated carbocycles. The maximum Gasteiger partial charge on any atom is 0.317 e. The van der Waals surface area contributed by atoms with E-state index in [4.69, 9.17) is 4.74 Å². The Morgan fingerprint density at radius 3 is 2.32 bits per heavy atom. The highest BCUT2D eigenvalue weighted by Gasteiger charge is 2.31. The fourth-order valence-electron chi connectivity index (χ4n) is 3.47. The van der Waals surface area contributed by atoms with Crippen molar-refractivity contribution >= 4 is 11.9 Å². The van der Waals surface area contributed by atoms with Gasteiger partial charge in [0.25, 0.3) is 0 Å². The number of carbonyl (C=O) groups is 2. The van der Waals surface area contributed by atoms with Gasteiger partial charge in [0.1, 0.15) is 0 Å². The lowest BCUT2D eigenvalue weighted by atomic mass is 9.95. The van der Waals surface area contributed by atoms with Gasteiger partial charge < -0.3 is 19.9 Å². The Balaban J connectivity index is 1.46. The van der Waals surface area contributed by atoms with Crippen molar-refractivity contribution < 1.29 is 14.3 Å². The topological polar surface area (TPSA) is 61.9 Å². The summed E-state index contributed by atoms with van der Waals surface area (Å²) in [6.45, 7) is 5.89. The molecule has 6 heteroatoms.